The summed E-state index contributed by atoms with van der Waals surface area (Å²) in [6, 6.07) is 10.4. The molecule has 168 valence electrons. The molecule has 0 bridgehead atoms. The Morgan fingerprint density at radius 1 is 1.03 bits per heavy atom. The van der Waals surface area contributed by atoms with Gasteiger partial charge in [-0.15, -0.1) is 0 Å². The molecule has 0 unspecified atom stereocenters. The van der Waals surface area contributed by atoms with Crippen LogP contribution in [0.5, 0.6) is 11.5 Å². The van der Waals surface area contributed by atoms with E-state index in [4.69, 9.17) is 9.47 Å². The predicted octanol–water partition coefficient (Wildman–Crippen LogP) is 3.30. The third kappa shape index (κ3) is 5.57. The molecule has 1 amide bonds. The third-order valence-corrected chi connectivity index (χ3v) is 7.25. The van der Waals surface area contributed by atoms with Crippen LogP contribution >= 0.6 is 0 Å². The average Bonchev–Trinajstić information content (AvgIpc) is 2.78. The van der Waals surface area contributed by atoms with Gasteiger partial charge < -0.3 is 14.8 Å². The fourth-order valence-electron chi connectivity index (χ4n) is 3.56. The van der Waals surface area contributed by atoms with Crippen LogP contribution in [0.4, 0.5) is 0 Å². The molecule has 0 atom stereocenters. The Balaban J connectivity index is 1.68. The molecule has 3 rings (SSSR count). The minimum absolute atomic E-state index is 0.104. The van der Waals surface area contributed by atoms with Crippen molar-refractivity contribution in [3.05, 3.63) is 53.1 Å². The summed E-state index contributed by atoms with van der Waals surface area (Å²) < 4.78 is 38.5. The molecule has 2 aromatic carbocycles. The van der Waals surface area contributed by atoms with Crippen LogP contribution in [0.15, 0.2) is 41.3 Å². The number of sulfonamides is 1. The molecule has 0 spiro atoms. The summed E-state index contributed by atoms with van der Waals surface area (Å²) in [5.41, 5.74) is 2.31. The molecule has 1 fully saturated rings. The molecule has 7 nitrogen and oxygen atoms in total. The fourth-order valence-corrected chi connectivity index (χ4v) is 5.11. The molecule has 0 aromatic heterocycles. The van der Waals surface area contributed by atoms with Crippen molar-refractivity contribution in [2.75, 3.05) is 33.4 Å². The van der Waals surface area contributed by atoms with E-state index >= 15 is 0 Å². The van der Waals surface area contributed by atoms with E-state index in [0.717, 1.165) is 36.1 Å². The smallest absolute Gasteiger partial charge is 0.255 e. The summed E-state index contributed by atoms with van der Waals surface area (Å²) in [4.78, 5) is 12.9. The van der Waals surface area contributed by atoms with E-state index < -0.39 is 15.9 Å². The molecule has 1 saturated heterocycles. The second kappa shape index (κ2) is 10.2. The average molecular weight is 447 g/mol. The number of carbonyl (C=O) groups is 1. The number of benzene rings is 2. The maximum Gasteiger partial charge on any atom is 0.255 e. The maximum absolute atomic E-state index is 13.0. The van der Waals surface area contributed by atoms with Crippen LogP contribution in [0.3, 0.4) is 0 Å². The first-order valence-electron chi connectivity index (χ1n) is 10.5. The molecule has 0 aliphatic carbocycles. The van der Waals surface area contributed by atoms with Crippen molar-refractivity contribution in [1.82, 2.24) is 9.62 Å². The van der Waals surface area contributed by atoms with E-state index in [9.17, 15) is 13.2 Å². The lowest BCUT2D eigenvalue weighted by atomic mass is 10.1. The van der Waals surface area contributed by atoms with Gasteiger partial charge in [0.2, 0.25) is 10.0 Å². The summed E-state index contributed by atoms with van der Waals surface area (Å²) in [5.74, 6) is 0.698. The van der Waals surface area contributed by atoms with Crippen LogP contribution in [0.2, 0.25) is 0 Å². The van der Waals surface area contributed by atoms with E-state index in [1.54, 1.807) is 0 Å². The van der Waals surface area contributed by atoms with Crippen molar-refractivity contribution in [3.8, 4) is 11.5 Å². The number of amides is 1. The van der Waals surface area contributed by atoms with Gasteiger partial charge in [-0.3, -0.25) is 4.79 Å². The van der Waals surface area contributed by atoms with Gasteiger partial charge in [0, 0.05) is 13.1 Å². The highest BCUT2D eigenvalue weighted by molar-refractivity contribution is 7.89. The lowest BCUT2D eigenvalue weighted by Crippen LogP contribution is -2.35. The number of carbonyl (C=O) groups excluding carboxylic acids is 1. The zero-order valence-corrected chi connectivity index (χ0v) is 19.1. The predicted molar refractivity (Wildman–Crippen MR) is 119 cm³/mol. The summed E-state index contributed by atoms with van der Waals surface area (Å²) in [6.45, 7) is 5.54. The van der Waals surface area contributed by atoms with Crippen molar-refractivity contribution in [2.45, 2.75) is 38.0 Å². The zero-order valence-electron chi connectivity index (χ0n) is 18.3. The molecule has 2 aromatic rings. The molecule has 1 aliphatic rings. The van der Waals surface area contributed by atoms with Gasteiger partial charge in [-0.2, -0.15) is 4.31 Å². The quantitative estimate of drug-likeness (QED) is 0.629. The number of nitrogens with one attached hydrogen (secondary N) is 1. The number of rotatable bonds is 8. The van der Waals surface area contributed by atoms with Crippen molar-refractivity contribution in [3.63, 3.8) is 0 Å². The molecular formula is C23H30N2O5S. The van der Waals surface area contributed by atoms with E-state index in [1.165, 1.54) is 29.6 Å². The van der Waals surface area contributed by atoms with Gasteiger partial charge >= 0.3 is 0 Å². The summed E-state index contributed by atoms with van der Waals surface area (Å²) >= 11 is 0. The topological polar surface area (TPSA) is 84.9 Å². The summed E-state index contributed by atoms with van der Waals surface area (Å²) in [5, 5.41) is 2.78. The van der Waals surface area contributed by atoms with Gasteiger partial charge in [-0.25, -0.2) is 8.42 Å². The van der Waals surface area contributed by atoms with Gasteiger partial charge in [0.15, 0.2) is 0 Å². The van der Waals surface area contributed by atoms with E-state index in [-0.39, 0.29) is 17.0 Å². The fraction of sp³-hybridized carbons (Fsp3) is 0.435. The lowest BCUT2D eigenvalue weighted by molar-refractivity contribution is 0.0943. The number of methoxy groups -OCH3 is 1. The van der Waals surface area contributed by atoms with Gasteiger partial charge in [0.05, 0.1) is 24.1 Å². The van der Waals surface area contributed by atoms with Gasteiger partial charge in [0.1, 0.15) is 18.1 Å². The number of aryl methyl sites for hydroxylation is 2. The molecule has 0 saturated carbocycles. The number of hydrogen-bond acceptors (Lipinski definition) is 5. The summed E-state index contributed by atoms with van der Waals surface area (Å²) in [6.07, 6.45) is 2.73. The molecule has 31 heavy (non-hydrogen) atoms. The van der Waals surface area contributed by atoms with Crippen molar-refractivity contribution >= 4 is 15.9 Å². The van der Waals surface area contributed by atoms with E-state index in [1.807, 2.05) is 32.0 Å². The van der Waals surface area contributed by atoms with Crippen molar-refractivity contribution < 1.29 is 22.7 Å². The Kier molecular flexibility index (Phi) is 7.56. The second-order valence-corrected chi connectivity index (χ2v) is 9.64. The van der Waals surface area contributed by atoms with Crippen molar-refractivity contribution in [1.29, 1.82) is 0 Å². The van der Waals surface area contributed by atoms with Crippen LogP contribution in [-0.4, -0.2) is 52.0 Å². The first kappa shape index (κ1) is 23.1. The molecule has 8 heteroatoms. The highest BCUT2D eigenvalue weighted by Crippen LogP contribution is 2.26. The second-order valence-electron chi connectivity index (χ2n) is 7.70. The first-order chi connectivity index (χ1) is 14.8. The van der Waals surface area contributed by atoms with E-state index in [2.05, 4.69) is 5.32 Å². The maximum atomic E-state index is 13.0. The van der Waals surface area contributed by atoms with Crippen LogP contribution < -0.4 is 14.8 Å². The van der Waals surface area contributed by atoms with Crippen LogP contribution in [0.25, 0.3) is 0 Å². The monoisotopic (exact) mass is 446 g/mol. The van der Waals surface area contributed by atoms with Gasteiger partial charge in [-0.1, -0.05) is 18.6 Å². The highest BCUT2D eigenvalue weighted by Gasteiger charge is 2.27. The SMILES string of the molecule is COc1ccc(S(=O)(=O)N2CCCCC2)cc1C(=O)NCCOc1cc(C)ccc1C. The zero-order chi connectivity index (χ0) is 22.4. The Bertz CT molecular complexity index is 1030. The van der Waals surface area contributed by atoms with Gasteiger partial charge in [0.25, 0.3) is 5.91 Å². The standard InChI is InChI=1S/C23H30N2O5S/c1-17-7-8-18(2)22(15-17)30-14-11-24-23(26)20-16-19(9-10-21(20)29-3)31(27,28)25-12-5-4-6-13-25/h7-10,15-16H,4-6,11-14H2,1-3H3,(H,24,26). The number of hydrogen-bond donors (Lipinski definition) is 1. The molecular weight excluding hydrogens is 416 g/mol. The minimum atomic E-state index is -3.64. The Hall–Kier alpha value is -2.58. The number of ether oxygens (including phenoxy) is 2. The van der Waals surface area contributed by atoms with Crippen LogP contribution in [0.1, 0.15) is 40.7 Å². The lowest BCUT2D eigenvalue weighted by Gasteiger charge is -2.26. The largest absolute Gasteiger partial charge is 0.496 e. The normalized spacial score (nSPS) is 14.8. The van der Waals surface area contributed by atoms with Crippen LogP contribution in [-0.2, 0) is 10.0 Å². The molecule has 1 N–H and O–H groups in total. The number of piperidine rings is 1. The highest BCUT2D eigenvalue weighted by atomic mass is 32.2. The molecule has 1 heterocycles. The first-order valence-corrected chi connectivity index (χ1v) is 11.9. The number of nitrogens with zero attached hydrogens (tertiary/aromatic N) is 1. The Labute approximate surface area is 184 Å². The Morgan fingerprint density at radius 3 is 2.48 bits per heavy atom. The Morgan fingerprint density at radius 2 is 1.77 bits per heavy atom. The van der Waals surface area contributed by atoms with Gasteiger partial charge in [-0.05, 0) is 62.1 Å². The van der Waals surface area contributed by atoms with Crippen LogP contribution in [0, 0.1) is 13.8 Å². The van der Waals surface area contributed by atoms with Crippen molar-refractivity contribution in [2.24, 2.45) is 0 Å². The minimum Gasteiger partial charge on any atom is -0.496 e. The third-order valence-electron chi connectivity index (χ3n) is 5.36. The molecule has 0 radical (unpaired) electrons. The summed E-state index contributed by atoms with van der Waals surface area (Å²) in [7, 11) is -2.19. The van der Waals surface area contributed by atoms with E-state index in [0.29, 0.717) is 25.4 Å². The molecule has 1 aliphatic heterocycles.